The van der Waals surface area contributed by atoms with Crippen molar-refractivity contribution in [2.45, 2.75) is 6.42 Å². The summed E-state index contributed by atoms with van der Waals surface area (Å²) in [5.41, 5.74) is -0.230. The number of hydrogen-bond acceptors (Lipinski definition) is 5. The molecule has 0 saturated heterocycles. The van der Waals surface area contributed by atoms with Gasteiger partial charge in [0, 0.05) is 5.39 Å². The molecule has 0 atom stereocenters. The molecule has 0 aliphatic heterocycles. The molecule has 0 saturated carbocycles. The van der Waals surface area contributed by atoms with Crippen molar-refractivity contribution in [3.63, 3.8) is 0 Å². The van der Waals surface area contributed by atoms with E-state index in [0.717, 1.165) is 6.07 Å². The minimum absolute atomic E-state index is 0.209. The first-order valence-corrected chi connectivity index (χ1v) is 9.98. The van der Waals surface area contributed by atoms with Gasteiger partial charge in [0.2, 0.25) is 10.0 Å². The number of halogens is 3. The lowest BCUT2D eigenvalue weighted by atomic mass is 10.1. The molecule has 8 nitrogen and oxygen atoms in total. The summed E-state index contributed by atoms with van der Waals surface area (Å²) in [4.78, 5) is 16.6. The molecule has 0 aliphatic rings. The topological polar surface area (TPSA) is 117 Å². The Balaban J connectivity index is 1.87. The molecule has 28 heavy (non-hydrogen) atoms. The maximum absolute atomic E-state index is 14.8. The summed E-state index contributed by atoms with van der Waals surface area (Å²) in [6, 6.07) is 3.84. The SMILES string of the molecule is O=C(Nc1cnc2[nH]ncc2c1)c1c(Cl)ccc(NS(=O)(=O)CCCF)c1F. The summed E-state index contributed by atoms with van der Waals surface area (Å²) < 4.78 is 52.7. The maximum Gasteiger partial charge on any atom is 0.260 e. The van der Waals surface area contributed by atoms with Crippen LogP contribution in [0.5, 0.6) is 0 Å². The number of anilines is 2. The molecular weight excluding hydrogens is 416 g/mol. The number of amides is 1. The van der Waals surface area contributed by atoms with Crippen LogP contribution in [0.15, 0.2) is 30.6 Å². The highest BCUT2D eigenvalue weighted by molar-refractivity contribution is 7.92. The minimum Gasteiger partial charge on any atom is -0.320 e. The van der Waals surface area contributed by atoms with Crippen LogP contribution in [0.1, 0.15) is 16.8 Å². The lowest BCUT2D eigenvalue weighted by molar-refractivity contribution is 0.102. The Morgan fingerprint density at radius 1 is 1.29 bits per heavy atom. The Morgan fingerprint density at radius 2 is 2.07 bits per heavy atom. The number of rotatable bonds is 7. The van der Waals surface area contributed by atoms with Gasteiger partial charge in [0.05, 0.1) is 46.8 Å². The molecule has 2 heterocycles. The van der Waals surface area contributed by atoms with E-state index >= 15 is 0 Å². The summed E-state index contributed by atoms with van der Waals surface area (Å²) in [5, 5.41) is 9.32. The van der Waals surface area contributed by atoms with Crippen LogP contribution in [0.4, 0.5) is 20.2 Å². The van der Waals surface area contributed by atoms with Crippen LogP contribution in [-0.2, 0) is 10.0 Å². The Kier molecular flexibility index (Phi) is 5.75. The number of nitrogens with zero attached hydrogens (tertiary/aromatic N) is 2. The first kappa shape index (κ1) is 20.0. The van der Waals surface area contributed by atoms with Crippen molar-refractivity contribution in [3.8, 4) is 0 Å². The first-order chi connectivity index (χ1) is 13.3. The van der Waals surface area contributed by atoms with Gasteiger partial charge in [-0.3, -0.25) is 19.0 Å². The van der Waals surface area contributed by atoms with Crippen molar-refractivity contribution in [2.75, 3.05) is 22.5 Å². The number of sulfonamides is 1. The van der Waals surface area contributed by atoms with Gasteiger partial charge in [-0.15, -0.1) is 0 Å². The van der Waals surface area contributed by atoms with Gasteiger partial charge in [0.15, 0.2) is 11.5 Å². The van der Waals surface area contributed by atoms with Crippen molar-refractivity contribution in [1.82, 2.24) is 15.2 Å². The van der Waals surface area contributed by atoms with Crippen LogP contribution < -0.4 is 10.0 Å². The number of hydrogen-bond donors (Lipinski definition) is 3. The molecule has 12 heteroatoms. The highest BCUT2D eigenvalue weighted by Crippen LogP contribution is 2.27. The standard InChI is InChI=1S/C16H14ClF2N5O3S/c17-11-2-3-12(24-28(26,27)5-1-4-18)14(19)13(11)16(25)22-10-6-9-7-21-23-15(9)20-8-10/h2-3,6-8,24H,1,4-5H2,(H,22,25)(H,20,21,23). The molecule has 1 amide bonds. The summed E-state index contributed by atoms with van der Waals surface area (Å²) in [6.07, 6.45) is 2.60. The molecule has 3 rings (SSSR count). The molecule has 1 aromatic carbocycles. The first-order valence-electron chi connectivity index (χ1n) is 7.95. The zero-order valence-corrected chi connectivity index (χ0v) is 15.7. The third kappa shape index (κ3) is 4.37. The van der Waals surface area contributed by atoms with Crippen molar-refractivity contribution < 1.29 is 22.0 Å². The van der Waals surface area contributed by atoms with E-state index in [0.29, 0.717) is 11.0 Å². The smallest absolute Gasteiger partial charge is 0.260 e. The van der Waals surface area contributed by atoms with E-state index < -0.39 is 45.4 Å². The van der Waals surface area contributed by atoms with E-state index in [1.165, 1.54) is 18.5 Å². The van der Waals surface area contributed by atoms with Crippen LogP contribution in [0.2, 0.25) is 5.02 Å². The highest BCUT2D eigenvalue weighted by Gasteiger charge is 2.22. The number of fused-ring (bicyclic) bond motifs is 1. The average molecular weight is 430 g/mol. The highest BCUT2D eigenvalue weighted by atomic mass is 35.5. The van der Waals surface area contributed by atoms with E-state index in [2.05, 4.69) is 20.5 Å². The van der Waals surface area contributed by atoms with Gasteiger partial charge in [-0.25, -0.2) is 17.8 Å². The number of aromatic nitrogens is 3. The third-order valence-corrected chi connectivity index (χ3v) is 5.35. The number of carbonyl (C=O) groups is 1. The number of nitrogens with one attached hydrogen (secondary N) is 3. The van der Waals surface area contributed by atoms with Crippen LogP contribution in [-0.4, -0.2) is 41.9 Å². The second-order valence-corrected chi connectivity index (χ2v) is 7.98. The molecular formula is C16H14ClF2N5O3S. The number of H-pyrrole nitrogens is 1. The Morgan fingerprint density at radius 3 is 2.82 bits per heavy atom. The maximum atomic E-state index is 14.8. The number of carbonyl (C=O) groups excluding carboxylic acids is 1. The number of pyridine rings is 1. The molecule has 148 valence electrons. The number of alkyl halides is 1. The molecule has 0 aliphatic carbocycles. The van der Waals surface area contributed by atoms with Gasteiger partial charge in [0.1, 0.15) is 0 Å². The third-order valence-electron chi connectivity index (χ3n) is 3.68. The molecule has 2 aromatic heterocycles. The second-order valence-electron chi connectivity index (χ2n) is 5.73. The molecule has 0 unspecified atom stereocenters. The second kappa shape index (κ2) is 8.07. The summed E-state index contributed by atoms with van der Waals surface area (Å²) in [5.74, 6) is -2.56. The lowest BCUT2D eigenvalue weighted by Gasteiger charge is -2.13. The quantitative estimate of drug-likeness (QED) is 0.533. The van der Waals surface area contributed by atoms with Crippen molar-refractivity contribution >= 4 is 49.9 Å². The van der Waals surface area contributed by atoms with Gasteiger partial charge >= 0.3 is 0 Å². The predicted octanol–water partition coefficient (Wildman–Crippen LogP) is 3.10. The fourth-order valence-electron chi connectivity index (χ4n) is 2.40. The van der Waals surface area contributed by atoms with Gasteiger partial charge in [-0.1, -0.05) is 11.6 Å². The molecule has 3 N–H and O–H groups in total. The van der Waals surface area contributed by atoms with Gasteiger partial charge in [-0.2, -0.15) is 5.10 Å². The number of benzene rings is 1. The van der Waals surface area contributed by atoms with Gasteiger partial charge < -0.3 is 5.32 Å². The van der Waals surface area contributed by atoms with Gasteiger partial charge in [-0.05, 0) is 24.6 Å². The van der Waals surface area contributed by atoms with Crippen molar-refractivity contribution in [3.05, 3.63) is 47.0 Å². The lowest BCUT2D eigenvalue weighted by Crippen LogP contribution is -2.20. The fraction of sp³-hybridized carbons (Fsp3) is 0.188. The van der Waals surface area contributed by atoms with E-state index in [9.17, 15) is 22.0 Å². The largest absolute Gasteiger partial charge is 0.320 e. The van der Waals surface area contributed by atoms with E-state index in [4.69, 9.17) is 11.6 Å². The van der Waals surface area contributed by atoms with E-state index in [1.807, 2.05) is 4.72 Å². The number of aromatic amines is 1. The van der Waals surface area contributed by atoms with E-state index in [-0.39, 0.29) is 17.1 Å². The van der Waals surface area contributed by atoms with Gasteiger partial charge in [0.25, 0.3) is 5.91 Å². The zero-order chi connectivity index (χ0) is 20.3. The Labute approximate surface area is 163 Å². The molecule has 0 spiro atoms. The van der Waals surface area contributed by atoms with Crippen molar-refractivity contribution in [1.29, 1.82) is 0 Å². The van der Waals surface area contributed by atoms with E-state index in [1.54, 1.807) is 6.07 Å². The Hall–Kier alpha value is -2.79. The normalized spacial score (nSPS) is 11.5. The predicted molar refractivity (Wildman–Crippen MR) is 101 cm³/mol. The van der Waals surface area contributed by atoms with Crippen molar-refractivity contribution in [2.24, 2.45) is 0 Å². The summed E-state index contributed by atoms with van der Waals surface area (Å²) in [7, 11) is -3.98. The minimum atomic E-state index is -3.98. The fourth-order valence-corrected chi connectivity index (χ4v) is 3.72. The Bertz CT molecular complexity index is 1140. The van der Waals surface area contributed by atoms with Crippen LogP contribution >= 0.6 is 11.6 Å². The molecule has 3 aromatic rings. The summed E-state index contributed by atoms with van der Waals surface area (Å²) >= 11 is 5.94. The zero-order valence-electron chi connectivity index (χ0n) is 14.2. The van der Waals surface area contributed by atoms with Crippen LogP contribution in [0.25, 0.3) is 11.0 Å². The van der Waals surface area contributed by atoms with Crippen LogP contribution in [0.3, 0.4) is 0 Å². The molecule has 0 radical (unpaired) electrons. The van der Waals surface area contributed by atoms with Crippen LogP contribution in [0, 0.1) is 5.82 Å². The average Bonchev–Trinajstić information content (AvgIpc) is 3.10. The molecule has 0 fully saturated rings. The molecule has 0 bridgehead atoms. The monoisotopic (exact) mass is 429 g/mol. The summed E-state index contributed by atoms with van der Waals surface area (Å²) in [6.45, 7) is -0.827.